The van der Waals surface area contributed by atoms with E-state index in [1.165, 1.54) is 17.8 Å². The van der Waals surface area contributed by atoms with Crippen molar-refractivity contribution in [1.82, 2.24) is 0 Å². The highest BCUT2D eigenvalue weighted by Crippen LogP contribution is 2.28. The van der Waals surface area contributed by atoms with E-state index in [1.54, 1.807) is 6.07 Å². The van der Waals surface area contributed by atoms with Crippen molar-refractivity contribution >= 4 is 56.9 Å². The molecule has 1 aromatic rings. The van der Waals surface area contributed by atoms with Gasteiger partial charge in [0.2, 0.25) is 0 Å². The van der Waals surface area contributed by atoms with Gasteiger partial charge in [0.05, 0.1) is 4.90 Å². The van der Waals surface area contributed by atoms with Gasteiger partial charge in [0.15, 0.2) is 0 Å². The summed E-state index contributed by atoms with van der Waals surface area (Å²) >= 11 is 5.81. The van der Waals surface area contributed by atoms with Crippen LogP contribution < -0.4 is 0 Å². The Balaban J connectivity index is 3.29. The molecule has 0 heterocycles. The molecular weight excluding hydrogens is 389 g/mol. The molecule has 60 valence electrons. The number of thioether (sulfide) groups is 1. The molecule has 0 fully saturated rings. The van der Waals surface area contributed by atoms with E-state index in [-0.39, 0.29) is 5.82 Å². The van der Waals surface area contributed by atoms with Crippen molar-refractivity contribution in [3.63, 3.8) is 0 Å². The molecule has 0 nitrogen and oxygen atoms in total. The Morgan fingerprint density at radius 1 is 1.36 bits per heavy atom. The Morgan fingerprint density at radius 3 is 2.45 bits per heavy atom. The third-order valence-electron chi connectivity index (χ3n) is 1.21. The lowest BCUT2D eigenvalue weighted by molar-refractivity contribution is 0.599. The molecule has 1 rings (SSSR count). The average molecular weight is 394 g/mol. The topological polar surface area (TPSA) is 0 Å². The van der Waals surface area contributed by atoms with Crippen molar-refractivity contribution in [2.75, 3.05) is 6.26 Å². The van der Waals surface area contributed by atoms with Crippen molar-refractivity contribution in [1.29, 1.82) is 0 Å². The van der Waals surface area contributed by atoms with Crippen LogP contribution in [0.4, 0.5) is 4.39 Å². The Kier molecular flexibility index (Phi) is 3.90. The van der Waals surface area contributed by atoms with Crippen LogP contribution in [0.1, 0.15) is 0 Å². The maximum absolute atomic E-state index is 13.0. The first kappa shape index (κ1) is 10.0. The van der Waals surface area contributed by atoms with Gasteiger partial charge in [0, 0.05) is 7.14 Å². The lowest BCUT2D eigenvalue weighted by Crippen LogP contribution is -1.88. The van der Waals surface area contributed by atoms with Crippen LogP contribution in [0.5, 0.6) is 0 Å². The second-order valence-corrected chi connectivity index (χ2v) is 4.93. The summed E-state index contributed by atoms with van der Waals surface area (Å²) in [7, 11) is 0. The van der Waals surface area contributed by atoms with Gasteiger partial charge in [-0.1, -0.05) is 0 Å². The Morgan fingerprint density at radius 2 is 2.00 bits per heavy atom. The number of halogens is 3. The van der Waals surface area contributed by atoms with Crippen molar-refractivity contribution in [2.24, 2.45) is 0 Å². The van der Waals surface area contributed by atoms with Crippen LogP contribution >= 0.6 is 56.9 Å². The smallest absolute Gasteiger partial charge is 0.137 e. The number of hydrogen-bond acceptors (Lipinski definition) is 1. The SMILES string of the molecule is CSc1c(F)ccc(I)c1I. The minimum Gasteiger partial charge on any atom is -0.206 e. The molecule has 4 heteroatoms. The Labute approximate surface area is 96.6 Å². The predicted octanol–water partition coefficient (Wildman–Crippen LogP) is 3.76. The molecule has 1 aromatic carbocycles. The van der Waals surface area contributed by atoms with E-state index >= 15 is 0 Å². The van der Waals surface area contributed by atoms with Gasteiger partial charge in [-0.3, -0.25) is 0 Å². The first-order chi connectivity index (χ1) is 5.16. The molecule has 0 spiro atoms. The molecule has 11 heavy (non-hydrogen) atoms. The number of rotatable bonds is 1. The van der Waals surface area contributed by atoms with Crippen molar-refractivity contribution in [2.45, 2.75) is 4.90 Å². The zero-order valence-corrected chi connectivity index (χ0v) is 10.8. The van der Waals surface area contributed by atoms with E-state index < -0.39 is 0 Å². The second kappa shape index (κ2) is 4.27. The van der Waals surface area contributed by atoms with Gasteiger partial charge in [0.25, 0.3) is 0 Å². The van der Waals surface area contributed by atoms with E-state index in [0.717, 1.165) is 12.0 Å². The van der Waals surface area contributed by atoms with Gasteiger partial charge in [-0.2, -0.15) is 0 Å². The van der Waals surface area contributed by atoms with Crippen LogP contribution in [0.15, 0.2) is 17.0 Å². The van der Waals surface area contributed by atoms with E-state index in [1.807, 2.05) is 6.26 Å². The van der Waals surface area contributed by atoms with E-state index in [0.29, 0.717) is 0 Å². The molecule has 0 N–H and O–H groups in total. The molecule has 0 saturated carbocycles. The summed E-state index contributed by atoms with van der Waals surface area (Å²) in [4.78, 5) is 0.748. The molecule has 0 aliphatic carbocycles. The molecule has 0 atom stereocenters. The fourth-order valence-corrected chi connectivity index (χ4v) is 2.98. The molecule has 0 saturated heterocycles. The third-order valence-corrected chi connectivity index (χ3v) is 5.43. The van der Waals surface area contributed by atoms with Gasteiger partial charge in [0.1, 0.15) is 5.82 Å². The fourth-order valence-electron chi connectivity index (χ4n) is 0.696. The molecule has 0 radical (unpaired) electrons. The minimum atomic E-state index is -0.123. The molecule has 0 unspecified atom stereocenters. The molecule has 0 aliphatic heterocycles. The summed E-state index contributed by atoms with van der Waals surface area (Å²) in [5.74, 6) is -0.123. The standard InChI is InChI=1S/C7H5FI2S/c1-11-7-4(8)2-3-5(9)6(7)10/h2-3H,1H3. The summed E-state index contributed by atoms with van der Waals surface area (Å²) in [6.45, 7) is 0. The molecular formula is C7H5FI2S. The molecule has 0 aliphatic rings. The van der Waals surface area contributed by atoms with Crippen molar-refractivity contribution in [3.05, 3.63) is 25.1 Å². The zero-order chi connectivity index (χ0) is 8.43. The Hall–Kier alpha value is 0.960. The normalized spacial score (nSPS) is 10.2. The zero-order valence-electron chi connectivity index (χ0n) is 5.70. The lowest BCUT2D eigenvalue weighted by atomic mass is 10.3. The summed E-state index contributed by atoms with van der Waals surface area (Å²) in [6, 6.07) is 3.30. The monoisotopic (exact) mass is 394 g/mol. The van der Waals surface area contributed by atoms with Crippen LogP contribution in [0, 0.1) is 13.0 Å². The van der Waals surface area contributed by atoms with Gasteiger partial charge in [-0.05, 0) is 63.6 Å². The van der Waals surface area contributed by atoms with Gasteiger partial charge in [-0.15, -0.1) is 11.8 Å². The Bertz CT molecular complexity index is 275. The largest absolute Gasteiger partial charge is 0.206 e. The maximum Gasteiger partial charge on any atom is 0.137 e. The van der Waals surface area contributed by atoms with E-state index in [9.17, 15) is 4.39 Å². The summed E-state index contributed by atoms with van der Waals surface area (Å²) < 4.78 is 15.1. The number of benzene rings is 1. The average Bonchev–Trinajstić information content (AvgIpc) is 1.99. The summed E-state index contributed by atoms with van der Waals surface area (Å²) in [5, 5.41) is 0. The number of hydrogen-bond donors (Lipinski definition) is 0. The first-order valence-electron chi connectivity index (χ1n) is 2.84. The van der Waals surface area contributed by atoms with Crippen LogP contribution in [0.2, 0.25) is 0 Å². The molecule has 0 aromatic heterocycles. The van der Waals surface area contributed by atoms with Crippen LogP contribution in [0.25, 0.3) is 0 Å². The van der Waals surface area contributed by atoms with E-state index in [2.05, 4.69) is 45.2 Å². The third kappa shape index (κ3) is 2.21. The lowest BCUT2D eigenvalue weighted by Gasteiger charge is -2.03. The highest BCUT2D eigenvalue weighted by molar-refractivity contribution is 14.1. The van der Waals surface area contributed by atoms with Crippen LogP contribution in [-0.4, -0.2) is 6.26 Å². The second-order valence-electron chi connectivity index (χ2n) is 1.88. The highest BCUT2D eigenvalue weighted by Gasteiger charge is 2.07. The quantitative estimate of drug-likeness (QED) is 0.397. The first-order valence-corrected chi connectivity index (χ1v) is 6.22. The summed E-state index contributed by atoms with van der Waals surface area (Å²) in [5.41, 5.74) is 0. The molecule has 0 bridgehead atoms. The molecule has 0 amide bonds. The van der Waals surface area contributed by atoms with Gasteiger partial charge < -0.3 is 0 Å². The summed E-state index contributed by atoms with van der Waals surface area (Å²) in [6.07, 6.45) is 1.89. The van der Waals surface area contributed by atoms with E-state index in [4.69, 9.17) is 0 Å². The van der Waals surface area contributed by atoms with Crippen molar-refractivity contribution < 1.29 is 4.39 Å². The van der Waals surface area contributed by atoms with Gasteiger partial charge in [-0.25, -0.2) is 4.39 Å². The predicted molar refractivity (Wildman–Crippen MR) is 63.6 cm³/mol. The van der Waals surface area contributed by atoms with Crippen molar-refractivity contribution in [3.8, 4) is 0 Å². The highest BCUT2D eigenvalue weighted by atomic mass is 127. The fraction of sp³-hybridized carbons (Fsp3) is 0.143. The van der Waals surface area contributed by atoms with Gasteiger partial charge >= 0.3 is 0 Å². The maximum atomic E-state index is 13.0. The van der Waals surface area contributed by atoms with Crippen LogP contribution in [-0.2, 0) is 0 Å². The van der Waals surface area contributed by atoms with Crippen LogP contribution in [0.3, 0.4) is 0 Å². The minimum absolute atomic E-state index is 0.123.